The van der Waals surface area contributed by atoms with Crippen LogP contribution in [0.15, 0.2) is 0 Å². The quantitative estimate of drug-likeness (QED) is 0.672. The summed E-state index contributed by atoms with van der Waals surface area (Å²) in [7, 11) is 0. The minimum atomic E-state index is -1.15. The van der Waals surface area contributed by atoms with E-state index in [1.165, 1.54) is 0 Å². The summed E-state index contributed by atoms with van der Waals surface area (Å²) >= 11 is 0. The zero-order valence-electron chi connectivity index (χ0n) is 7.63. The molecule has 0 radical (unpaired) electrons. The summed E-state index contributed by atoms with van der Waals surface area (Å²) in [4.78, 5) is 21.3. The van der Waals surface area contributed by atoms with Crippen LogP contribution in [0.25, 0.3) is 0 Å². The van der Waals surface area contributed by atoms with Crippen molar-refractivity contribution in [3.8, 4) is 0 Å². The highest BCUT2D eigenvalue weighted by Gasteiger charge is 2.15. The number of carbonyl (C=O) groups is 2. The van der Waals surface area contributed by atoms with Crippen molar-refractivity contribution in [2.45, 2.75) is 33.2 Å². The number of hydrogen-bond acceptors (Lipinski definition) is 2. The van der Waals surface area contributed by atoms with Gasteiger partial charge in [0.05, 0.1) is 6.04 Å². The van der Waals surface area contributed by atoms with Crippen LogP contribution >= 0.6 is 0 Å². The summed E-state index contributed by atoms with van der Waals surface area (Å²) in [6, 6.07) is -0.593. The van der Waals surface area contributed by atoms with E-state index in [0.29, 0.717) is 6.42 Å². The Morgan fingerprint density at radius 2 is 1.83 bits per heavy atom. The highest BCUT2D eigenvalue weighted by atomic mass is 16.4. The van der Waals surface area contributed by atoms with Crippen LogP contribution in [0.5, 0.6) is 0 Å². The molecule has 0 aromatic rings. The summed E-state index contributed by atoms with van der Waals surface area (Å²) in [6.45, 7) is 5.40. The molecule has 0 bridgehead atoms. The first kappa shape index (κ1) is 10.9. The number of hydrogen-bond donors (Lipinski definition) is 2. The van der Waals surface area contributed by atoms with Gasteiger partial charge >= 0.3 is 6.09 Å². The second kappa shape index (κ2) is 4.74. The van der Waals surface area contributed by atoms with Gasteiger partial charge in [-0.3, -0.25) is 4.79 Å². The third-order valence-corrected chi connectivity index (χ3v) is 1.43. The van der Waals surface area contributed by atoms with E-state index in [0.717, 1.165) is 0 Å². The Balaban J connectivity index is 3.85. The molecule has 1 unspecified atom stereocenters. The number of amides is 1. The maximum absolute atomic E-state index is 11.2. The topological polar surface area (TPSA) is 66.4 Å². The van der Waals surface area contributed by atoms with Gasteiger partial charge in [-0.1, -0.05) is 13.8 Å². The number of rotatable bonds is 4. The molecule has 0 spiro atoms. The van der Waals surface area contributed by atoms with Crippen LogP contribution in [-0.2, 0) is 4.79 Å². The molecule has 0 aromatic heterocycles. The summed E-state index contributed by atoms with van der Waals surface area (Å²) < 4.78 is 0. The van der Waals surface area contributed by atoms with E-state index in [4.69, 9.17) is 5.11 Å². The lowest BCUT2D eigenvalue weighted by Crippen LogP contribution is -2.37. The van der Waals surface area contributed by atoms with Gasteiger partial charge in [-0.25, -0.2) is 4.79 Å². The molecule has 1 atom stereocenters. The van der Waals surface area contributed by atoms with Crippen molar-refractivity contribution in [3.63, 3.8) is 0 Å². The van der Waals surface area contributed by atoms with Gasteiger partial charge in [0, 0.05) is 6.42 Å². The van der Waals surface area contributed by atoms with E-state index in [9.17, 15) is 9.59 Å². The first-order valence-electron chi connectivity index (χ1n) is 3.95. The fourth-order valence-electron chi connectivity index (χ4n) is 0.845. The van der Waals surface area contributed by atoms with Crippen molar-refractivity contribution in [3.05, 3.63) is 0 Å². The minimum absolute atomic E-state index is 0.0626. The van der Waals surface area contributed by atoms with E-state index in [2.05, 4.69) is 5.32 Å². The van der Waals surface area contributed by atoms with Gasteiger partial charge in [0.25, 0.3) is 0 Å². The van der Waals surface area contributed by atoms with Crippen LogP contribution in [-0.4, -0.2) is 23.0 Å². The van der Waals surface area contributed by atoms with Crippen molar-refractivity contribution < 1.29 is 14.7 Å². The number of Topliss-reactive ketones (excluding diaryl/α,β-unsaturated/α-hetero) is 1. The van der Waals surface area contributed by atoms with Crippen LogP contribution < -0.4 is 5.32 Å². The van der Waals surface area contributed by atoms with Gasteiger partial charge in [-0.2, -0.15) is 0 Å². The van der Waals surface area contributed by atoms with Gasteiger partial charge in [0.2, 0.25) is 0 Å². The predicted octanol–water partition coefficient (Wildman–Crippen LogP) is 1.26. The Hall–Kier alpha value is -1.06. The van der Waals surface area contributed by atoms with E-state index < -0.39 is 12.1 Å². The fourth-order valence-corrected chi connectivity index (χ4v) is 0.845. The second-order valence-electron chi connectivity index (χ2n) is 3.24. The van der Waals surface area contributed by atoms with Crippen LogP contribution in [0.3, 0.4) is 0 Å². The Morgan fingerprint density at radius 1 is 1.33 bits per heavy atom. The molecule has 2 N–H and O–H groups in total. The molecule has 4 heteroatoms. The maximum Gasteiger partial charge on any atom is 0.405 e. The number of carbonyl (C=O) groups excluding carboxylic acids is 1. The lowest BCUT2D eigenvalue weighted by molar-refractivity contribution is -0.121. The van der Waals surface area contributed by atoms with Gasteiger partial charge in [-0.15, -0.1) is 0 Å². The SMILES string of the molecule is CC(C)CC(=O)C(C)NC(=O)O. The minimum Gasteiger partial charge on any atom is -0.465 e. The van der Waals surface area contributed by atoms with Crippen molar-refractivity contribution in [1.29, 1.82) is 0 Å². The first-order valence-corrected chi connectivity index (χ1v) is 3.95. The first-order chi connectivity index (χ1) is 5.43. The zero-order chi connectivity index (χ0) is 9.72. The van der Waals surface area contributed by atoms with E-state index in [-0.39, 0.29) is 11.7 Å². The monoisotopic (exact) mass is 173 g/mol. The molecule has 0 aliphatic rings. The Bertz CT molecular complexity index is 177. The van der Waals surface area contributed by atoms with Crippen molar-refractivity contribution >= 4 is 11.9 Å². The van der Waals surface area contributed by atoms with Crippen molar-refractivity contribution in [2.24, 2.45) is 5.92 Å². The molecule has 0 aliphatic carbocycles. The average molecular weight is 173 g/mol. The molecule has 0 saturated heterocycles. The molecule has 0 aromatic carbocycles. The molecular formula is C8H15NO3. The molecule has 1 amide bonds. The molecule has 0 rings (SSSR count). The molecule has 0 saturated carbocycles. The lowest BCUT2D eigenvalue weighted by Gasteiger charge is -2.11. The fraction of sp³-hybridized carbons (Fsp3) is 0.750. The van der Waals surface area contributed by atoms with Crippen LogP contribution in [0.4, 0.5) is 4.79 Å². The standard InChI is InChI=1S/C8H15NO3/c1-5(2)4-7(10)6(3)9-8(11)12/h5-6,9H,4H2,1-3H3,(H,11,12). The molecular weight excluding hydrogens is 158 g/mol. The van der Waals surface area contributed by atoms with E-state index in [1.54, 1.807) is 6.92 Å². The van der Waals surface area contributed by atoms with Crippen LogP contribution in [0.1, 0.15) is 27.2 Å². The number of nitrogens with one attached hydrogen (secondary N) is 1. The summed E-state index contributed by atoms with van der Waals surface area (Å²) in [5, 5.41) is 10.4. The van der Waals surface area contributed by atoms with Gasteiger partial charge in [-0.05, 0) is 12.8 Å². The highest BCUT2D eigenvalue weighted by molar-refractivity contribution is 5.86. The summed E-state index contributed by atoms with van der Waals surface area (Å²) in [6.07, 6.45) is -0.735. The van der Waals surface area contributed by atoms with E-state index >= 15 is 0 Å². The van der Waals surface area contributed by atoms with Gasteiger partial charge in [0.15, 0.2) is 5.78 Å². The lowest BCUT2D eigenvalue weighted by atomic mass is 10.0. The van der Waals surface area contributed by atoms with Crippen LogP contribution in [0.2, 0.25) is 0 Å². The van der Waals surface area contributed by atoms with E-state index in [1.807, 2.05) is 13.8 Å². The second-order valence-corrected chi connectivity index (χ2v) is 3.24. The predicted molar refractivity (Wildman–Crippen MR) is 45.1 cm³/mol. The molecule has 4 nitrogen and oxygen atoms in total. The zero-order valence-corrected chi connectivity index (χ0v) is 7.63. The number of carboxylic acid groups (broad SMARTS) is 1. The Labute approximate surface area is 72.0 Å². The number of ketones is 1. The molecule has 12 heavy (non-hydrogen) atoms. The third-order valence-electron chi connectivity index (χ3n) is 1.43. The molecule has 70 valence electrons. The Morgan fingerprint density at radius 3 is 2.17 bits per heavy atom. The summed E-state index contributed by atoms with van der Waals surface area (Å²) in [5.41, 5.74) is 0. The van der Waals surface area contributed by atoms with Gasteiger partial charge in [0.1, 0.15) is 0 Å². The maximum atomic E-state index is 11.2. The smallest absolute Gasteiger partial charge is 0.405 e. The third kappa shape index (κ3) is 4.71. The van der Waals surface area contributed by atoms with Crippen molar-refractivity contribution in [2.75, 3.05) is 0 Å². The largest absolute Gasteiger partial charge is 0.465 e. The highest BCUT2D eigenvalue weighted by Crippen LogP contribution is 2.02. The average Bonchev–Trinajstić information content (AvgIpc) is 1.84. The molecule has 0 aliphatic heterocycles. The van der Waals surface area contributed by atoms with Crippen LogP contribution in [0, 0.1) is 5.92 Å². The van der Waals surface area contributed by atoms with Gasteiger partial charge < -0.3 is 10.4 Å². The van der Waals surface area contributed by atoms with Crippen molar-refractivity contribution in [1.82, 2.24) is 5.32 Å². The Kier molecular flexibility index (Phi) is 4.33. The summed E-state index contributed by atoms with van der Waals surface area (Å²) in [5.74, 6) is 0.211. The normalized spacial score (nSPS) is 12.7. The molecule has 0 heterocycles. The molecule has 0 fully saturated rings.